The number of benzene rings is 1. The van der Waals surface area contributed by atoms with Gasteiger partial charge in [-0.3, -0.25) is 4.79 Å². The van der Waals surface area contributed by atoms with Crippen molar-refractivity contribution in [2.45, 2.75) is 25.9 Å². The molecule has 0 saturated carbocycles. The van der Waals surface area contributed by atoms with Crippen molar-refractivity contribution >= 4 is 33.8 Å². The fourth-order valence-electron chi connectivity index (χ4n) is 4.43. The Morgan fingerprint density at radius 1 is 1.03 bits per heavy atom. The first kappa shape index (κ1) is 19.5. The molecule has 5 heterocycles. The molecular formula is C24H18F2N6O. The maximum absolute atomic E-state index is 13.8. The average molecular weight is 444 g/mol. The van der Waals surface area contributed by atoms with Crippen molar-refractivity contribution in [3.05, 3.63) is 83.6 Å². The van der Waals surface area contributed by atoms with Crippen LogP contribution < -0.4 is 5.32 Å². The number of carbonyl (C=O) groups is 1. The number of carbonyl (C=O) groups excluding carboxylic acids is 1. The maximum atomic E-state index is 13.8. The smallest absolute Gasteiger partial charge is 0.272 e. The van der Waals surface area contributed by atoms with Gasteiger partial charge in [-0.2, -0.15) is 0 Å². The number of hydrogen-bond donors (Lipinski definition) is 1. The third-order valence-corrected chi connectivity index (χ3v) is 5.87. The molecule has 7 nitrogen and oxygen atoms in total. The van der Waals surface area contributed by atoms with Gasteiger partial charge in [-0.05, 0) is 42.3 Å². The van der Waals surface area contributed by atoms with E-state index in [-0.39, 0.29) is 18.1 Å². The number of fused-ring (bicyclic) bond motifs is 4. The summed E-state index contributed by atoms with van der Waals surface area (Å²) in [6.45, 7) is 1.10. The number of amides is 1. The van der Waals surface area contributed by atoms with Gasteiger partial charge < -0.3 is 14.5 Å². The monoisotopic (exact) mass is 444 g/mol. The minimum Gasteiger partial charge on any atom is -0.319 e. The molecule has 1 aromatic carbocycles. The van der Waals surface area contributed by atoms with Crippen molar-refractivity contribution in [2.75, 3.05) is 5.32 Å². The second kappa shape index (κ2) is 7.47. The van der Waals surface area contributed by atoms with Gasteiger partial charge in [0.1, 0.15) is 34.3 Å². The van der Waals surface area contributed by atoms with Crippen LogP contribution in [0.3, 0.4) is 0 Å². The zero-order chi connectivity index (χ0) is 22.5. The van der Waals surface area contributed by atoms with Crippen molar-refractivity contribution < 1.29 is 13.6 Å². The quantitative estimate of drug-likeness (QED) is 0.448. The summed E-state index contributed by atoms with van der Waals surface area (Å²) in [5.41, 5.74) is 3.41. The number of imidazole rings is 1. The van der Waals surface area contributed by atoms with Crippen LogP contribution in [-0.4, -0.2) is 30.0 Å². The van der Waals surface area contributed by atoms with Gasteiger partial charge in [0.15, 0.2) is 5.65 Å². The van der Waals surface area contributed by atoms with E-state index in [4.69, 9.17) is 0 Å². The fourth-order valence-corrected chi connectivity index (χ4v) is 4.43. The largest absolute Gasteiger partial charge is 0.319 e. The molecule has 0 saturated heterocycles. The van der Waals surface area contributed by atoms with Crippen LogP contribution >= 0.6 is 0 Å². The lowest BCUT2D eigenvalue weighted by Crippen LogP contribution is -2.18. The van der Waals surface area contributed by atoms with Gasteiger partial charge in [0.25, 0.3) is 5.91 Å². The molecule has 0 bridgehead atoms. The SMILES string of the molecule is O=C(Nc1cnc2c(c1)nc1n2CCC1)c1cc2cc(F)cnc2n1Cc1cccc(F)c1. The highest BCUT2D eigenvalue weighted by molar-refractivity contribution is 6.06. The van der Waals surface area contributed by atoms with E-state index in [2.05, 4.69) is 24.8 Å². The lowest BCUT2D eigenvalue weighted by Gasteiger charge is -2.11. The third-order valence-electron chi connectivity index (χ3n) is 5.87. The van der Waals surface area contributed by atoms with Gasteiger partial charge in [0.2, 0.25) is 0 Å². The van der Waals surface area contributed by atoms with E-state index in [1.807, 2.05) is 0 Å². The second-order valence-corrected chi connectivity index (χ2v) is 8.12. The van der Waals surface area contributed by atoms with Crippen LogP contribution in [0.25, 0.3) is 22.2 Å². The van der Waals surface area contributed by atoms with Crippen molar-refractivity contribution in [1.82, 2.24) is 24.1 Å². The Labute approximate surface area is 186 Å². The van der Waals surface area contributed by atoms with Gasteiger partial charge in [0, 0.05) is 24.9 Å². The molecule has 1 aliphatic heterocycles. The number of halogens is 2. The normalized spacial score (nSPS) is 13.0. The minimum atomic E-state index is -0.500. The standard InChI is InChI=1S/C24H18F2N6O/c25-16-4-1-3-14(7-16)13-32-20(9-15-8-17(26)11-27-22(15)32)24(33)29-18-10-19-23(28-12-18)31-6-2-5-21(31)30-19/h1,3-4,7-12H,2,5-6,13H2,(H,29,33). The fraction of sp³-hybridized carbons (Fsp3) is 0.167. The number of anilines is 1. The summed E-state index contributed by atoms with van der Waals surface area (Å²) in [7, 11) is 0. The molecule has 6 rings (SSSR count). The molecule has 4 aromatic heterocycles. The van der Waals surface area contributed by atoms with Crippen LogP contribution in [0.2, 0.25) is 0 Å². The van der Waals surface area contributed by atoms with Crippen LogP contribution in [0.15, 0.2) is 54.9 Å². The molecule has 1 aliphatic rings. The lowest BCUT2D eigenvalue weighted by molar-refractivity contribution is 0.101. The predicted molar refractivity (Wildman–Crippen MR) is 119 cm³/mol. The van der Waals surface area contributed by atoms with Crippen molar-refractivity contribution in [2.24, 2.45) is 0 Å². The van der Waals surface area contributed by atoms with Gasteiger partial charge in [-0.1, -0.05) is 12.1 Å². The highest BCUT2D eigenvalue weighted by Crippen LogP contribution is 2.25. The van der Waals surface area contributed by atoms with Gasteiger partial charge in [0.05, 0.1) is 18.1 Å². The Balaban J connectivity index is 1.37. The number of nitrogens with zero attached hydrogens (tertiary/aromatic N) is 5. The number of rotatable bonds is 4. The second-order valence-electron chi connectivity index (χ2n) is 8.12. The average Bonchev–Trinajstić information content (AvgIpc) is 3.46. The van der Waals surface area contributed by atoms with Gasteiger partial charge >= 0.3 is 0 Å². The molecule has 0 spiro atoms. The van der Waals surface area contributed by atoms with Crippen molar-refractivity contribution in [1.29, 1.82) is 0 Å². The van der Waals surface area contributed by atoms with E-state index in [9.17, 15) is 13.6 Å². The molecule has 0 fully saturated rings. The van der Waals surface area contributed by atoms with E-state index in [1.54, 1.807) is 35.0 Å². The lowest BCUT2D eigenvalue weighted by atomic mass is 10.2. The summed E-state index contributed by atoms with van der Waals surface area (Å²) >= 11 is 0. The summed E-state index contributed by atoms with van der Waals surface area (Å²) in [6, 6.07) is 10.8. The van der Waals surface area contributed by atoms with Crippen molar-refractivity contribution in [3.8, 4) is 0 Å². The summed E-state index contributed by atoms with van der Waals surface area (Å²) in [4.78, 5) is 26.5. The Morgan fingerprint density at radius 2 is 1.91 bits per heavy atom. The molecule has 1 N–H and O–H groups in total. The zero-order valence-electron chi connectivity index (χ0n) is 17.4. The maximum Gasteiger partial charge on any atom is 0.272 e. The summed E-state index contributed by atoms with van der Waals surface area (Å²) in [5.74, 6) is -0.276. The van der Waals surface area contributed by atoms with Crippen LogP contribution in [0.5, 0.6) is 0 Å². The highest BCUT2D eigenvalue weighted by Gasteiger charge is 2.20. The number of nitrogens with one attached hydrogen (secondary N) is 1. The molecule has 5 aromatic rings. The number of aryl methyl sites for hydroxylation is 2. The molecule has 33 heavy (non-hydrogen) atoms. The van der Waals surface area contributed by atoms with E-state index in [0.717, 1.165) is 42.6 Å². The molecule has 0 atom stereocenters. The topological polar surface area (TPSA) is 77.6 Å². The highest BCUT2D eigenvalue weighted by atomic mass is 19.1. The first-order valence-corrected chi connectivity index (χ1v) is 10.6. The number of pyridine rings is 2. The third kappa shape index (κ3) is 3.42. The molecule has 164 valence electrons. The Kier molecular flexibility index (Phi) is 4.42. The van der Waals surface area contributed by atoms with Gasteiger partial charge in [-0.15, -0.1) is 0 Å². The van der Waals surface area contributed by atoms with Gasteiger partial charge in [-0.25, -0.2) is 23.7 Å². The number of hydrogen-bond acceptors (Lipinski definition) is 4. The molecule has 1 amide bonds. The van der Waals surface area contributed by atoms with Crippen LogP contribution in [0.1, 0.15) is 28.3 Å². The zero-order valence-corrected chi connectivity index (χ0v) is 17.4. The molecule has 9 heteroatoms. The van der Waals surface area contributed by atoms with Crippen LogP contribution in [0, 0.1) is 11.6 Å². The van der Waals surface area contributed by atoms with Crippen LogP contribution in [-0.2, 0) is 19.5 Å². The first-order chi connectivity index (χ1) is 16.0. The Morgan fingerprint density at radius 3 is 2.79 bits per heavy atom. The van der Waals surface area contributed by atoms with E-state index in [0.29, 0.717) is 22.3 Å². The van der Waals surface area contributed by atoms with Crippen LogP contribution in [0.4, 0.5) is 14.5 Å². The summed E-state index contributed by atoms with van der Waals surface area (Å²) in [5, 5.41) is 3.34. The minimum absolute atomic E-state index is 0.202. The molecular weight excluding hydrogens is 426 g/mol. The first-order valence-electron chi connectivity index (χ1n) is 10.6. The molecule has 0 unspecified atom stereocenters. The summed E-state index contributed by atoms with van der Waals surface area (Å²) < 4.78 is 31.3. The predicted octanol–water partition coefficient (Wildman–Crippen LogP) is 4.31. The van der Waals surface area contributed by atoms with Crippen molar-refractivity contribution in [3.63, 3.8) is 0 Å². The van der Waals surface area contributed by atoms with E-state index < -0.39 is 11.7 Å². The Bertz CT molecular complexity index is 1550. The Hall–Kier alpha value is -4.14. The van der Waals surface area contributed by atoms with E-state index in [1.165, 1.54) is 18.2 Å². The van der Waals surface area contributed by atoms with E-state index >= 15 is 0 Å². The molecule has 0 radical (unpaired) electrons. The number of aromatic nitrogens is 5. The summed E-state index contributed by atoms with van der Waals surface area (Å²) in [6.07, 6.45) is 4.68. The molecule has 0 aliphatic carbocycles.